The first kappa shape index (κ1) is 11.0. The summed E-state index contributed by atoms with van der Waals surface area (Å²) < 4.78 is 0. The molecule has 0 unspecified atom stereocenters. The van der Waals surface area contributed by atoms with Crippen molar-refractivity contribution in [2.24, 2.45) is 0 Å². The fourth-order valence-corrected chi connectivity index (χ4v) is 1.97. The number of benzene rings is 1. The van der Waals surface area contributed by atoms with Gasteiger partial charge in [-0.3, -0.25) is 4.79 Å². The molecule has 0 bridgehead atoms. The number of ketones is 1. The number of allylic oxidation sites excluding steroid dienone is 4. The van der Waals surface area contributed by atoms with Crippen LogP contribution in [-0.4, -0.2) is 10.9 Å². The Kier molecular flexibility index (Phi) is 2.84. The largest absolute Gasteiger partial charge is 0.507 e. The number of hydrogen-bond acceptors (Lipinski definition) is 2. The fraction of sp³-hybridized carbons (Fsp3) is 0.154. The summed E-state index contributed by atoms with van der Waals surface area (Å²) in [5, 5.41) is 10.3. The van der Waals surface area contributed by atoms with Crippen molar-refractivity contribution in [2.75, 3.05) is 0 Å². The zero-order valence-corrected chi connectivity index (χ0v) is 9.58. The smallest absolute Gasteiger partial charge is 0.193 e. The molecule has 1 aromatic rings. The average molecular weight is 235 g/mol. The second-order valence-corrected chi connectivity index (χ2v) is 4.21. The quantitative estimate of drug-likeness (QED) is 0.796. The molecule has 2 rings (SSSR count). The Bertz CT molecular complexity index is 513. The molecule has 0 aromatic heterocycles. The average Bonchev–Trinajstić information content (AvgIpc) is 2.75. The Morgan fingerprint density at radius 2 is 2.19 bits per heavy atom. The highest BCUT2D eigenvalue weighted by atomic mass is 35.5. The number of hydrogen-bond donors (Lipinski definition) is 1. The summed E-state index contributed by atoms with van der Waals surface area (Å²) >= 11 is 5.87. The second kappa shape index (κ2) is 4.14. The van der Waals surface area contributed by atoms with E-state index in [9.17, 15) is 9.90 Å². The number of carbonyl (C=O) groups is 1. The predicted octanol–water partition coefficient (Wildman–Crippen LogP) is 3.42. The lowest BCUT2D eigenvalue weighted by Gasteiger charge is -2.07. The predicted molar refractivity (Wildman–Crippen MR) is 64.0 cm³/mol. The van der Waals surface area contributed by atoms with Crippen LogP contribution in [0.15, 0.2) is 35.9 Å². The molecule has 0 saturated heterocycles. The van der Waals surface area contributed by atoms with E-state index in [4.69, 9.17) is 11.6 Å². The van der Waals surface area contributed by atoms with Crippen LogP contribution in [0.5, 0.6) is 5.75 Å². The van der Waals surface area contributed by atoms with Gasteiger partial charge in [0.05, 0.1) is 5.56 Å². The van der Waals surface area contributed by atoms with Gasteiger partial charge in [0.2, 0.25) is 0 Å². The number of halogens is 1. The van der Waals surface area contributed by atoms with E-state index in [0.717, 1.165) is 0 Å². The number of Topliss-reactive ketones (excluding diaryl/α,β-unsaturated/α-hetero) is 1. The summed E-state index contributed by atoms with van der Waals surface area (Å²) in [6, 6.07) is 3.14. The summed E-state index contributed by atoms with van der Waals surface area (Å²) in [5.74, 6) is -0.143. The zero-order valence-electron chi connectivity index (χ0n) is 8.83. The van der Waals surface area contributed by atoms with Crippen molar-refractivity contribution in [3.05, 3.63) is 52.1 Å². The first-order valence-electron chi connectivity index (χ1n) is 4.99. The molecule has 1 N–H and O–H groups in total. The van der Waals surface area contributed by atoms with Crippen molar-refractivity contribution in [3.63, 3.8) is 0 Å². The van der Waals surface area contributed by atoms with Gasteiger partial charge in [-0.05, 0) is 31.0 Å². The highest BCUT2D eigenvalue weighted by Crippen LogP contribution is 2.29. The third kappa shape index (κ3) is 1.89. The van der Waals surface area contributed by atoms with Crippen molar-refractivity contribution >= 4 is 17.4 Å². The van der Waals surface area contributed by atoms with Crippen LogP contribution in [0.25, 0.3) is 0 Å². The Hall–Kier alpha value is -1.54. The molecule has 3 heteroatoms. The number of aryl methyl sites for hydroxylation is 1. The maximum absolute atomic E-state index is 12.0. The molecule has 0 aliphatic heterocycles. The van der Waals surface area contributed by atoms with Crippen molar-refractivity contribution < 1.29 is 9.90 Å². The van der Waals surface area contributed by atoms with Gasteiger partial charge in [0, 0.05) is 10.6 Å². The molecule has 0 saturated carbocycles. The summed E-state index contributed by atoms with van der Waals surface area (Å²) in [6.07, 6.45) is 6.12. The molecular formula is C13H11ClO2. The third-order valence-corrected chi connectivity index (χ3v) is 2.79. The number of aromatic hydroxyl groups is 1. The van der Waals surface area contributed by atoms with Crippen LogP contribution in [0, 0.1) is 6.92 Å². The molecule has 1 aromatic carbocycles. The van der Waals surface area contributed by atoms with Gasteiger partial charge in [-0.1, -0.05) is 29.8 Å². The van der Waals surface area contributed by atoms with Crippen molar-refractivity contribution in [3.8, 4) is 5.75 Å². The summed E-state index contributed by atoms with van der Waals surface area (Å²) in [7, 11) is 0. The molecule has 16 heavy (non-hydrogen) atoms. The molecule has 0 atom stereocenters. The number of rotatable bonds is 2. The van der Waals surface area contributed by atoms with Crippen LogP contribution in [0.1, 0.15) is 22.3 Å². The molecule has 1 aliphatic rings. The monoisotopic (exact) mass is 234 g/mol. The van der Waals surface area contributed by atoms with Gasteiger partial charge in [0.25, 0.3) is 0 Å². The van der Waals surface area contributed by atoms with Crippen molar-refractivity contribution in [1.29, 1.82) is 0 Å². The zero-order chi connectivity index (χ0) is 11.7. The molecule has 82 valence electrons. The maximum atomic E-state index is 12.0. The molecule has 0 spiro atoms. The van der Waals surface area contributed by atoms with Gasteiger partial charge in [-0.2, -0.15) is 0 Å². The first-order valence-corrected chi connectivity index (χ1v) is 5.37. The van der Waals surface area contributed by atoms with Crippen LogP contribution in [0.3, 0.4) is 0 Å². The maximum Gasteiger partial charge on any atom is 0.193 e. The first-order chi connectivity index (χ1) is 7.59. The van der Waals surface area contributed by atoms with Gasteiger partial charge in [0.15, 0.2) is 5.78 Å². The van der Waals surface area contributed by atoms with Gasteiger partial charge < -0.3 is 5.11 Å². The normalized spacial score (nSPS) is 14.0. The summed E-state index contributed by atoms with van der Waals surface area (Å²) in [5.41, 5.74) is 1.57. The van der Waals surface area contributed by atoms with E-state index in [2.05, 4.69) is 0 Å². The Labute approximate surface area is 98.9 Å². The SMILES string of the molecule is Cc1cc(Cl)cc(C(=O)C2=CC=CC2)c1O. The van der Waals surface area contributed by atoms with Crippen LogP contribution >= 0.6 is 11.6 Å². The highest BCUT2D eigenvalue weighted by Gasteiger charge is 2.18. The third-order valence-electron chi connectivity index (χ3n) is 2.57. The number of phenols is 1. The van der Waals surface area contributed by atoms with E-state index < -0.39 is 0 Å². The van der Waals surface area contributed by atoms with Crippen LogP contribution in [0.4, 0.5) is 0 Å². The van der Waals surface area contributed by atoms with Gasteiger partial charge in [-0.15, -0.1) is 0 Å². The van der Waals surface area contributed by atoms with Crippen molar-refractivity contribution in [1.82, 2.24) is 0 Å². The van der Waals surface area contributed by atoms with E-state index in [1.165, 1.54) is 6.07 Å². The second-order valence-electron chi connectivity index (χ2n) is 3.77. The van der Waals surface area contributed by atoms with Crippen molar-refractivity contribution in [2.45, 2.75) is 13.3 Å². The minimum atomic E-state index is -0.159. The summed E-state index contributed by atoms with van der Waals surface area (Å²) in [6.45, 7) is 1.72. The number of carbonyl (C=O) groups excluding carboxylic acids is 1. The lowest BCUT2D eigenvalue weighted by molar-refractivity contribution is 0.103. The molecule has 2 nitrogen and oxygen atoms in total. The van der Waals surface area contributed by atoms with E-state index in [1.54, 1.807) is 19.1 Å². The van der Waals surface area contributed by atoms with E-state index in [1.807, 2.05) is 12.2 Å². The molecule has 0 amide bonds. The lowest BCUT2D eigenvalue weighted by Crippen LogP contribution is -2.03. The molecule has 1 aliphatic carbocycles. The van der Waals surface area contributed by atoms with E-state index in [-0.39, 0.29) is 17.1 Å². The highest BCUT2D eigenvalue weighted by molar-refractivity contribution is 6.31. The van der Waals surface area contributed by atoms with Crippen LogP contribution < -0.4 is 0 Å². The van der Waals surface area contributed by atoms with Gasteiger partial charge >= 0.3 is 0 Å². The van der Waals surface area contributed by atoms with Crippen LogP contribution in [-0.2, 0) is 0 Å². The lowest BCUT2D eigenvalue weighted by atomic mass is 10.00. The minimum absolute atomic E-state index is 0.0159. The van der Waals surface area contributed by atoms with Gasteiger partial charge in [0.1, 0.15) is 5.75 Å². The van der Waals surface area contributed by atoms with E-state index >= 15 is 0 Å². The Balaban J connectivity index is 2.44. The Morgan fingerprint density at radius 1 is 1.44 bits per heavy atom. The molecular weight excluding hydrogens is 224 g/mol. The van der Waals surface area contributed by atoms with E-state index in [0.29, 0.717) is 22.6 Å². The van der Waals surface area contributed by atoms with Gasteiger partial charge in [-0.25, -0.2) is 0 Å². The minimum Gasteiger partial charge on any atom is -0.507 e. The number of phenolic OH excluding ortho intramolecular Hbond substituents is 1. The standard InChI is InChI=1S/C13H11ClO2/c1-8-6-10(14)7-11(12(8)15)13(16)9-4-2-3-5-9/h2-4,6-7,15H,5H2,1H3. The Morgan fingerprint density at radius 3 is 2.81 bits per heavy atom. The fourth-order valence-electron chi connectivity index (χ4n) is 1.70. The van der Waals surface area contributed by atoms with Crippen LogP contribution in [0.2, 0.25) is 5.02 Å². The molecule has 0 heterocycles. The molecule has 0 radical (unpaired) electrons. The summed E-state index contributed by atoms with van der Waals surface area (Å²) in [4.78, 5) is 12.0. The topological polar surface area (TPSA) is 37.3 Å². The molecule has 0 fully saturated rings.